The standard InChI is InChI=1S/C24H37NO2S/c1-3-24(13-6-14-24)23(27)10-5-9-21-20(18(16-25)15-22(21)26)8-4-7-19-12-11-17(2)28-19/h11-12,18,20-23,26-27H,3-10,13-15H2,1-2H3/t18?,20-,21?,22+,23?/m0/s1. The lowest BCUT2D eigenvalue weighted by Crippen LogP contribution is -2.40. The molecule has 3 rings (SSSR count). The van der Waals surface area contributed by atoms with Gasteiger partial charge in [0.25, 0.3) is 0 Å². The van der Waals surface area contributed by atoms with Crippen LogP contribution in [0.5, 0.6) is 0 Å². The molecule has 156 valence electrons. The normalized spacial score (nSPS) is 30.0. The van der Waals surface area contributed by atoms with Gasteiger partial charge in [-0.25, -0.2) is 0 Å². The van der Waals surface area contributed by atoms with E-state index in [0.29, 0.717) is 12.3 Å². The summed E-state index contributed by atoms with van der Waals surface area (Å²) in [6.07, 6.45) is 10.7. The molecule has 2 saturated carbocycles. The first-order valence-corrected chi connectivity index (χ1v) is 12.1. The van der Waals surface area contributed by atoms with Crippen LogP contribution in [0.25, 0.3) is 0 Å². The van der Waals surface area contributed by atoms with E-state index in [1.165, 1.54) is 16.2 Å². The van der Waals surface area contributed by atoms with Gasteiger partial charge >= 0.3 is 0 Å². The predicted molar refractivity (Wildman–Crippen MR) is 115 cm³/mol. The maximum Gasteiger partial charge on any atom is 0.0659 e. The average Bonchev–Trinajstić information content (AvgIpc) is 3.18. The molecule has 2 fully saturated rings. The minimum Gasteiger partial charge on any atom is -0.393 e. The number of rotatable bonds is 10. The monoisotopic (exact) mass is 403 g/mol. The highest BCUT2D eigenvalue weighted by atomic mass is 32.1. The summed E-state index contributed by atoms with van der Waals surface area (Å²) in [7, 11) is 0. The van der Waals surface area contributed by atoms with Crippen molar-refractivity contribution in [1.29, 1.82) is 5.26 Å². The summed E-state index contributed by atoms with van der Waals surface area (Å²) in [6, 6.07) is 6.86. The van der Waals surface area contributed by atoms with E-state index in [2.05, 4.69) is 32.0 Å². The number of nitrogens with zero attached hydrogens (tertiary/aromatic N) is 1. The first-order valence-electron chi connectivity index (χ1n) is 11.3. The molecule has 3 unspecified atom stereocenters. The maximum absolute atomic E-state index is 10.7. The first-order chi connectivity index (χ1) is 13.5. The van der Waals surface area contributed by atoms with Gasteiger partial charge in [0.2, 0.25) is 0 Å². The van der Waals surface area contributed by atoms with Crippen LogP contribution in [0.4, 0.5) is 0 Å². The molecule has 28 heavy (non-hydrogen) atoms. The van der Waals surface area contributed by atoms with Crippen molar-refractivity contribution in [2.75, 3.05) is 0 Å². The van der Waals surface area contributed by atoms with Crippen LogP contribution < -0.4 is 0 Å². The lowest BCUT2D eigenvalue weighted by atomic mass is 9.62. The van der Waals surface area contributed by atoms with Crippen molar-refractivity contribution >= 4 is 11.3 Å². The molecule has 1 heterocycles. The lowest BCUT2D eigenvalue weighted by Gasteiger charge is -2.45. The van der Waals surface area contributed by atoms with E-state index >= 15 is 0 Å². The van der Waals surface area contributed by atoms with Gasteiger partial charge in [0.1, 0.15) is 0 Å². The Hall–Kier alpha value is -0.890. The van der Waals surface area contributed by atoms with Crippen molar-refractivity contribution in [2.45, 2.75) is 96.7 Å². The summed E-state index contributed by atoms with van der Waals surface area (Å²) < 4.78 is 0. The second kappa shape index (κ2) is 9.74. The van der Waals surface area contributed by atoms with Crippen LogP contribution >= 0.6 is 11.3 Å². The third-order valence-electron chi connectivity index (χ3n) is 7.75. The number of hydrogen-bond acceptors (Lipinski definition) is 4. The SMILES string of the molecule is CCC1(C(O)CCCC2[C@@H](CCCc3ccc(C)s3)C(C#N)C[C@H]2O)CCC1. The van der Waals surface area contributed by atoms with Crippen LogP contribution in [0, 0.1) is 41.4 Å². The van der Waals surface area contributed by atoms with Gasteiger partial charge in [-0.05, 0) is 94.1 Å². The van der Waals surface area contributed by atoms with Crippen LogP contribution in [0.3, 0.4) is 0 Å². The molecule has 1 aromatic heterocycles. The van der Waals surface area contributed by atoms with Crippen LogP contribution in [0.15, 0.2) is 12.1 Å². The largest absolute Gasteiger partial charge is 0.393 e. The molecule has 0 bridgehead atoms. The number of aliphatic hydroxyl groups is 2. The van der Waals surface area contributed by atoms with Crippen molar-refractivity contribution in [1.82, 2.24) is 0 Å². The number of thiophene rings is 1. The fourth-order valence-corrected chi connectivity index (χ4v) is 6.63. The van der Waals surface area contributed by atoms with Crippen LogP contribution in [-0.4, -0.2) is 22.4 Å². The van der Waals surface area contributed by atoms with Gasteiger partial charge in [-0.15, -0.1) is 11.3 Å². The predicted octanol–water partition coefficient (Wildman–Crippen LogP) is 5.63. The quantitative estimate of drug-likeness (QED) is 0.532. The molecule has 0 amide bonds. The zero-order chi connectivity index (χ0) is 20.1. The van der Waals surface area contributed by atoms with Crippen LogP contribution in [0.1, 0.15) is 80.9 Å². The van der Waals surface area contributed by atoms with E-state index in [1.807, 2.05) is 11.3 Å². The maximum atomic E-state index is 10.7. The van der Waals surface area contributed by atoms with Gasteiger partial charge in [-0.1, -0.05) is 19.8 Å². The second-order valence-electron chi connectivity index (χ2n) is 9.29. The molecule has 2 aliphatic rings. The molecule has 2 N–H and O–H groups in total. The Labute approximate surface area is 174 Å². The zero-order valence-electron chi connectivity index (χ0n) is 17.6. The summed E-state index contributed by atoms with van der Waals surface area (Å²) in [5.74, 6) is 0.520. The minimum absolute atomic E-state index is 0.0105. The Morgan fingerprint density at radius 3 is 2.57 bits per heavy atom. The molecule has 4 heteroatoms. The van der Waals surface area contributed by atoms with Crippen molar-refractivity contribution in [3.63, 3.8) is 0 Å². The summed E-state index contributed by atoms with van der Waals surface area (Å²) in [5, 5.41) is 30.9. The molecule has 3 nitrogen and oxygen atoms in total. The highest BCUT2D eigenvalue weighted by Crippen LogP contribution is 2.48. The lowest BCUT2D eigenvalue weighted by molar-refractivity contribution is -0.0444. The Kier molecular flexibility index (Phi) is 7.59. The van der Waals surface area contributed by atoms with Crippen LogP contribution in [-0.2, 0) is 6.42 Å². The number of aryl methyl sites for hydroxylation is 2. The average molecular weight is 404 g/mol. The fourth-order valence-electron chi connectivity index (χ4n) is 5.70. The second-order valence-corrected chi connectivity index (χ2v) is 10.7. The molecule has 0 aliphatic heterocycles. The Bertz CT molecular complexity index is 654. The van der Waals surface area contributed by atoms with Gasteiger partial charge in [0, 0.05) is 9.75 Å². The highest BCUT2D eigenvalue weighted by molar-refractivity contribution is 7.11. The Balaban J connectivity index is 1.49. The number of nitriles is 1. The third-order valence-corrected chi connectivity index (χ3v) is 8.81. The number of aliphatic hydroxyl groups excluding tert-OH is 2. The van der Waals surface area contributed by atoms with E-state index in [0.717, 1.165) is 57.8 Å². The van der Waals surface area contributed by atoms with E-state index in [-0.39, 0.29) is 29.5 Å². The van der Waals surface area contributed by atoms with Crippen LogP contribution in [0.2, 0.25) is 0 Å². The van der Waals surface area contributed by atoms with Crippen molar-refractivity contribution < 1.29 is 10.2 Å². The highest BCUT2D eigenvalue weighted by Gasteiger charge is 2.43. The molecule has 0 saturated heterocycles. The summed E-state index contributed by atoms with van der Waals surface area (Å²) in [6.45, 7) is 4.34. The molecule has 5 atom stereocenters. The zero-order valence-corrected chi connectivity index (χ0v) is 18.4. The van der Waals surface area contributed by atoms with E-state index in [4.69, 9.17) is 0 Å². The van der Waals surface area contributed by atoms with Gasteiger partial charge in [-0.2, -0.15) is 5.26 Å². The Morgan fingerprint density at radius 2 is 2.00 bits per heavy atom. The number of hydrogen-bond donors (Lipinski definition) is 2. The summed E-state index contributed by atoms with van der Waals surface area (Å²) in [4.78, 5) is 2.78. The van der Waals surface area contributed by atoms with E-state index < -0.39 is 0 Å². The molecule has 0 radical (unpaired) electrons. The molecule has 1 aromatic rings. The summed E-state index contributed by atoms with van der Waals surface area (Å²) in [5.41, 5.74) is 0.168. The minimum atomic E-state index is -0.348. The molecule has 0 spiro atoms. The fraction of sp³-hybridized carbons (Fsp3) is 0.792. The molecular weight excluding hydrogens is 366 g/mol. The Morgan fingerprint density at radius 1 is 1.25 bits per heavy atom. The first kappa shape index (κ1) is 21.8. The third kappa shape index (κ3) is 4.81. The van der Waals surface area contributed by atoms with E-state index in [9.17, 15) is 15.5 Å². The van der Waals surface area contributed by atoms with Gasteiger partial charge < -0.3 is 10.2 Å². The van der Waals surface area contributed by atoms with Gasteiger partial charge in [0.05, 0.1) is 24.2 Å². The molecular formula is C24H37NO2S. The smallest absolute Gasteiger partial charge is 0.0659 e. The molecule has 0 aromatic carbocycles. The van der Waals surface area contributed by atoms with Crippen molar-refractivity contribution in [2.24, 2.45) is 23.2 Å². The summed E-state index contributed by atoms with van der Waals surface area (Å²) >= 11 is 1.87. The van der Waals surface area contributed by atoms with E-state index in [1.54, 1.807) is 0 Å². The van der Waals surface area contributed by atoms with Gasteiger partial charge in [0.15, 0.2) is 0 Å². The van der Waals surface area contributed by atoms with Crippen molar-refractivity contribution in [3.05, 3.63) is 21.9 Å². The molecule has 2 aliphatic carbocycles. The topological polar surface area (TPSA) is 64.2 Å². The van der Waals surface area contributed by atoms with Gasteiger partial charge in [-0.3, -0.25) is 0 Å². The van der Waals surface area contributed by atoms with Crippen molar-refractivity contribution in [3.8, 4) is 6.07 Å².